The first-order chi connectivity index (χ1) is 10.7. The van der Waals surface area contributed by atoms with Crippen LogP contribution in [0.15, 0.2) is 11.6 Å². The molecule has 0 aliphatic heterocycles. The van der Waals surface area contributed by atoms with Gasteiger partial charge in [0.25, 0.3) is 0 Å². The quantitative estimate of drug-likeness (QED) is 0.388. The van der Waals surface area contributed by atoms with Crippen LogP contribution in [0, 0.1) is 5.41 Å². The molecule has 22 heavy (non-hydrogen) atoms. The van der Waals surface area contributed by atoms with E-state index in [2.05, 4.69) is 16.7 Å². The molecule has 1 fully saturated rings. The molecule has 0 spiro atoms. The monoisotopic (exact) mass is 308 g/mol. The van der Waals surface area contributed by atoms with Crippen LogP contribution in [0.1, 0.15) is 51.4 Å². The summed E-state index contributed by atoms with van der Waals surface area (Å²) in [6, 6.07) is 0. The molecule has 0 radical (unpaired) electrons. The molecule has 2 amide bonds. The Labute approximate surface area is 132 Å². The van der Waals surface area contributed by atoms with Crippen LogP contribution in [0.25, 0.3) is 0 Å². The molecule has 0 unspecified atom stereocenters. The summed E-state index contributed by atoms with van der Waals surface area (Å²) in [5, 5.41) is 5.80. The van der Waals surface area contributed by atoms with Gasteiger partial charge in [-0.15, -0.1) is 0 Å². The molecule has 5 heteroatoms. The Kier molecular flexibility index (Phi) is 6.43. The van der Waals surface area contributed by atoms with Gasteiger partial charge < -0.3 is 15.4 Å². The summed E-state index contributed by atoms with van der Waals surface area (Å²) in [6.45, 7) is 1.83. The number of rotatable bonds is 9. The van der Waals surface area contributed by atoms with E-state index in [9.17, 15) is 9.59 Å². The first-order valence-corrected chi connectivity index (χ1v) is 8.42. The molecule has 5 nitrogen and oxygen atoms in total. The number of nitrogens with one attached hydrogen (secondary N) is 2. The fraction of sp³-hybridized carbons (Fsp3) is 0.765. The minimum absolute atomic E-state index is 0.104. The van der Waals surface area contributed by atoms with Gasteiger partial charge in [-0.25, -0.2) is 0 Å². The van der Waals surface area contributed by atoms with Crippen LogP contribution >= 0.6 is 0 Å². The fourth-order valence-corrected chi connectivity index (χ4v) is 2.91. The predicted molar refractivity (Wildman–Crippen MR) is 85.3 cm³/mol. The molecule has 2 rings (SSSR count). The van der Waals surface area contributed by atoms with Gasteiger partial charge in [0.15, 0.2) is 0 Å². The van der Waals surface area contributed by atoms with Crippen molar-refractivity contribution in [3.05, 3.63) is 11.6 Å². The molecule has 0 aromatic heterocycles. The first-order valence-electron chi connectivity index (χ1n) is 8.42. The van der Waals surface area contributed by atoms with E-state index in [0.29, 0.717) is 32.5 Å². The predicted octanol–water partition coefficient (Wildman–Crippen LogP) is 1.93. The Hall–Kier alpha value is -1.36. The van der Waals surface area contributed by atoms with Crippen LogP contribution in [0.4, 0.5) is 0 Å². The molecule has 0 heterocycles. The van der Waals surface area contributed by atoms with Crippen molar-refractivity contribution in [1.29, 1.82) is 0 Å². The highest BCUT2D eigenvalue weighted by molar-refractivity contribution is 6.07. The van der Waals surface area contributed by atoms with Crippen LogP contribution in [0.3, 0.4) is 0 Å². The minimum atomic E-state index is -0.798. The number of methoxy groups -OCH3 is 1. The van der Waals surface area contributed by atoms with Crippen molar-refractivity contribution in [1.82, 2.24) is 10.6 Å². The maximum atomic E-state index is 12.3. The summed E-state index contributed by atoms with van der Waals surface area (Å²) in [5.41, 5.74) is 0.647. The van der Waals surface area contributed by atoms with Crippen molar-refractivity contribution in [3.63, 3.8) is 0 Å². The number of hydrogen-bond acceptors (Lipinski definition) is 3. The lowest BCUT2D eigenvalue weighted by molar-refractivity contribution is -0.137. The molecule has 1 saturated carbocycles. The Balaban J connectivity index is 1.69. The highest BCUT2D eigenvalue weighted by Gasteiger charge is 2.56. The van der Waals surface area contributed by atoms with Gasteiger partial charge in [-0.3, -0.25) is 9.59 Å². The van der Waals surface area contributed by atoms with E-state index in [-0.39, 0.29) is 11.8 Å². The number of hydrogen-bond donors (Lipinski definition) is 2. The van der Waals surface area contributed by atoms with E-state index in [0.717, 1.165) is 25.7 Å². The zero-order valence-corrected chi connectivity index (χ0v) is 13.6. The Bertz CT molecular complexity index is 428. The number of carbonyl (C=O) groups excluding carboxylic acids is 2. The summed E-state index contributed by atoms with van der Waals surface area (Å²) >= 11 is 0. The standard InChI is InChI=1S/C17H28N2O3/c1-22-13-5-11-18-15(20)17(9-10-17)16(21)19-12-8-14-6-3-2-4-7-14/h6H,2-5,7-13H2,1H3,(H,18,20)(H,19,21). The lowest BCUT2D eigenvalue weighted by Gasteiger charge is -2.17. The zero-order chi connectivity index (χ0) is 15.8. The molecular weight excluding hydrogens is 280 g/mol. The molecule has 2 aliphatic rings. The van der Waals surface area contributed by atoms with Crippen LogP contribution in [-0.2, 0) is 14.3 Å². The van der Waals surface area contributed by atoms with Crippen molar-refractivity contribution in [2.45, 2.75) is 51.4 Å². The van der Waals surface area contributed by atoms with Crippen molar-refractivity contribution in [2.75, 3.05) is 26.8 Å². The van der Waals surface area contributed by atoms with Gasteiger partial charge in [-0.1, -0.05) is 11.6 Å². The van der Waals surface area contributed by atoms with Gasteiger partial charge in [0.1, 0.15) is 5.41 Å². The van der Waals surface area contributed by atoms with E-state index >= 15 is 0 Å². The minimum Gasteiger partial charge on any atom is -0.385 e. The van der Waals surface area contributed by atoms with E-state index < -0.39 is 5.41 Å². The maximum absolute atomic E-state index is 12.3. The second-order valence-corrected chi connectivity index (χ2v) is 6.30. The largest absolute Gasteiger partial charge is 0.385 e. The average Bonchev–Trinajstić information content (AvgIpc) is 3.34. The first kappa shape index (κ1) is 17.0. The maximum Gasteiger partial charge on any atom is 0.235 e. The normalized spacial score (nSPS) is 19.2. The molecule has 2 N–H and O–H groups in total. The highest BCUT2D eigenvalue weighted by Crippen LogP contribution is 2.46. The van der Waals surface area contributed by atoms with Crippen LogP contribution in [0.5, 0.6) is 0 Å². The van der Waals surface area contributed by atoms with Gasteiger partial charge in [0, 0.05) is 26.8 Å². The second-order valence-electron chi connectivity index (χ2n) is 6.30. The van der Waals surface area contributed by atoms with Gasteiger partial charge in [0.05, 0.1) is 0 Å². The molecule has 0 bridgehead atoms. The van der Waals surface area contributed by atoms with Crippen molar-refractivity contribution >= 4 is 11.8 Å². The third-order valence-electron chi connectivity index (χ3n) is 4.55. The van der Waals surface area contributed by atoms with E-state index in [4.69, 9.17) is 4.74 Å². The van der Waals surface area contributed by atoms with Crippen molar-refractivity contribution in [3.8, 4) is 0 Å². The molecule has 0 atom stereocenters. The summed E-state index contributed by atoms with van der Waals surface area (Å²) in [4.78, 5) is 24.5. The Morgan fingerprint density at radius 2 is 1.91 bits per heavy atom. The molecule has 2 aliphatic carbocycles. The zero-order valence-electron chi connectivity index (χ0n) is 13.6. The average molecular weight is 308 g/mol. The van der Waals surface area contributed by atoms with Crippen LogP contribution in [0.2, 0.25) is 0 Å². The van der Waals surface area contributed by atoms with E-state index in [1.54, 1.807) is 7.11 Å². The fourth-order valence-electron chi connectivity index (χ4n) is 2.91. The lowest BCUT2D eigenvalue weighted by Crippen LogP contribution is -2.43. The summed E-state index contributed by atoms with van der Waals surface area (Å²) in [7, 11) is 1.64. The Morgan fingerprint density at radius 3 is 2.50 bits per heavy atom. The summed E-state index contributed by atoms with van der Waals surface area (Å²) in [6.07, 6.45) is 10.2. The van der Waals surface area contributed by atoms with Crippen LogP contribution < -0.4 is 10.6 Å². The molecule has 0 saturated heterocycles. The molecule has 0 aromatic rings. The van der Waals surface area contributed by atoms with Crippen molar-refractivity contribution in [2.24, 2.45) is 5.41 Å². The SMILES string of the molecule is COCCCNC(=O)C1(C(=O)NCCC2=CCCCC2)CC1. The smallest absolute Gasteiger partial charge is 0.235 e. The lowest BCUT2D eigenvalue weighted by atomic mass is 9.97. The topological polar surface area (TPSA) is 67.4 Å². The summed E-state index contributed by atoms with van der Waals surface area (Å²) in [5.74, 6) is -0.230. The number of ether oxygens (including phenoxy) is 1. The highest BCUT2D eigenvalue weighted by atomic mass is 16.5. The van der Waals surface area contributed by atoms with Gasteiger partial charge in [-0.2, -0.15) is 0 Å². The van der Waals surface area contributed by atoms with Gasteiger partial charge in [-0.05, 0) is 51.4 Å². The second kappa shape index (κ2) is 8.32. The van der Waals surface area contributed by atoms with E-state index in [1.807, 2.05) is 0 Å². The number of carbonyl (C=O) groups is 2. The van der Waals surface area contributed by atoms with Crippen molar-refractivity contribution < 1.29 is 14.3 Å². The third-order valence-corrected chi connectivity index (χ3v) is 4.55. The Morgan fingerprint density at radius 1 is 1.18 bits per heavy atom. The molecule has 124 valence electrons. The third kappa shape index (κ3) is 4.57. The molecule has 0 aromatic carbocycles. The number of amides is 2. The van der Waals surface area contributed by atoms with Gasteiger partial charge >= 0.3 is 0 Å². The number of allylic oxidation sites excluding steroid dienone is 1. The molecular formula is C17H28N2O3. The van der Waals surface area contributed by atoms with Gasteiger partial charge in [0.2, 0.25) is 11.8 Å². The summed E-state index contributed by atoms with van der Waals surface area (Å²) < 4.78 is 4.95. The van der Waals surface area contributed by atoms with Crippen LogP contribution in [-0.4, -0.2) is 38.6 Å². The van der Waals surface area contributed by atoms with E-state index in [1.165, 1.54) is 18.4 Å².